The van der Waals surface area contributed by atoms with E-state index in [9.17, 15) is 4.79 Å². The molecular formula is C12H11ClN2O2. The van der Waals surface area contributed by atoms with Crippen LogP contribution in [0.5, 0.6) is 0 Å². The standard InChI is InChI=1S/C12H11ClN2O2/c1-2-11(16)17-8-7-15-10-6-4-3-5-9(10)14-12(15)13/h2-6H,1,7-8H2. The van der Waals surface area contributed by atoms with E-state index in [1.807, 2.05) is 24.3 Å². The Labute approximate surface area is 103 Å². The van der Waals surface area contributed by atoms with Crippen LogP contribution in [0.2, 0.25) is 5.28 Å². The second-order valence-electron chi connectivity index (χ2n) is 3.39. The third-order valence-electron chi connectivity index (χ3n) is 2.33. The third-order valence-corrected chi connectivity index (χ3v) is 2.62. The van der Waals surface area contributed by atoms with Crippen molar-refractivity contribution < 1.29 is 9.53 Å². The molecule has 0 spiro atoms. The first-order valence-electron chi connectivity index (χ1n) is 5.12. The Morgan fingerprint density at radius 2 is 2.29 bits per heavy atom. The molecule has 0 aliphatic rings. The number of esters is 1. The Morgan fingerprint density at radius 3 is 3.06 bits per heavy atom. The number of imidazole rings is 1. The largest absolute Gasteiger partial charge is 0.461 e. The van der Waals surface area contributed by atoms with Crippen LogP contribution < -0.4 is 0 Å². The van der Waals surface area contributed by atoms with Gasteiger partial charge in [-0.25, -0.2) is 9.78 Å². The molecule has 2 rings (SSSR count). The Morgan fingerprint density at radius 1 is 1.53 bits per heavy atom. The van der Waals surface area contributed by atoms with Gasteiger partial charge in [-0.1, -0.05) is 18.7 Å². The van der Waals surface area contributed by atoms with E-state index in [0.29, 0.717) is 11.8 Å². The number of ether oxygens (including phenoxy) is 1. The highest BCUT2D eigenvalue weighted by Crippen LogP contribution is 2.18. The summed E-state index contributed by atoms with van der Waals surface area (Å²) >= 11 is 6.01. The summed E-state index contributed by atoms with van der Waals surface area (Å²) < 4.78 is 6.70. The van der Waals surface area contributed by atoms with E-state index in [1.54, 1.807) is 4.57 Å². The van der Waals surface area contributed by atoms with Crippen LogP contribution in [0.15, 0.2) is 36.9 Å². The molecule has 88 valence electrons. The maximum Gasteiger partial charge on any atom is 0.330 e. The lowest BCUT2D eigenvalue weighted by Crippen LogP contribution is -2.09. The van der Waals surface area contributed by atoms with E-state index >= 15 is 0 Å². The molecule has 1 aromatic carbocycles. The fourth-order valence-electron chi connectivity index (χ4n) is 1.56. The lowest BCUT2D eigenvalue weighted by atomic mass is 10.3. The maximum absolute atomic E-state index is 10.9. The summed E-state index contributed by atoms with van der Waals surface area (Å²) in [6.07, 6.45) is 1.13. The van der Waals surface area contributed by atoms with Gasteiger partial charge in [-0.05, 0) is 23.7 Å². The quantitative estimate of drug-likeness (QED) is 0.618. The molecule has 0 aliphatic heterocycles. The first kappa shape index (κ1) is 11.7. The molecule has 0 saturated heterocycles. The average Bonchev–Trinajstić information content (AvgIpc) is 2.66. The van der Waals surface area contributed by atoms with E-state index in [-0.39, 0.29) is 6.61 Å². The number of halogens is 1. The van der Waals surface area contributed by atoms with Crippen molar-refractivity contribution in [3.8, 4) is 0 Å². The first-order valence-corrected chi connectivity index (χ1v) is 5.50. The number of rotatable bonds is 4. The van der Waals surface area contributed by atoms with E-state index in [4.69, 9.17) is 16.3 Å². The number of aromatic nitrogens is 2. The average molecular weight is 251 g/mol. The first-order chi connectivity index (χ1) is 8.22. The van der Waals surface area contributed by atoms with Crippen molar-refractivity contribution in [3.63, 3.8) is 0 Å². The number of hydrogen-bond donors (Lipinski definition) is 0. The number of hydrogen-bond acceptors (Lipinski definition) is 3. The predicted molar refractivity (Wildman–Crippen MR) is 65.9 cm³/mol. The molecule has 5 heteroatoms. The summed E-state index contributed by atoms with van der Waals surface area (Å²) in [5, 5.41) is 0.390. The van der Waals surface area contributed by atoms with Gasteiger partial charge in [0.05, 0.1) is 17.6 Å². The number of nitrogens with zero attached hydrogens (tertiary/aromatic N) is 2. The van der Waals surface area contributed by atoms with Crippen LogP contribution in [0.3, 0.4) is 0 Å². The second kappa shape index (κ2) is 5.01. The van der Waals surface area contributed by atoms with Gasteiger partial charge in [0.25, 0.3) is 0 Å². The smallest absolute Gasteiger partial charge is 0.330 e. The van der Waals surface area contributed by atoms with Crippen LogP contribution in [0.4, 0.5) is 0 Å². The van der Waals surface area contributed by atoms with Crippen molar-refractivity contribution in [1.29, 1.82) is 0 Å². The molecule has 0 saturated carbocycles. The van der Waals surface area contributed by atoms with Gasteiger partial charge < -0.3 is 9.30 Å². The summed E-state index contributed by atoms with van der Waals surface area (Å²) in [6, 6.07) is 7.61. The highest BCUT2D eigenvalue weighted by molar-refractivity contribution is 6.29. The molecule has 0 atom stereocenters. The van der Waals surface area contributed by atoms with Crippen molar-refractivity contribution in [3.05, 3.63) is 42.2 Å². The fraction of sp³-hybridized carbons (Fsp3) is 0.167. The van der Waals surface area contributed by atoms with Gasteiger partial charge in [0.1, 0.15) is 6.61 Å². The normalized spacial score (nSPS) is 10.4. The highest BCUT2D eigenvalue weighted by atomic mass is 35.5. The summed E-state index contributed by atoms with van der Waals surface area (Å²) in [4.78, 5) is 15.1. The highest BCUT2D eigenvalue weighted by Gasteiger charge is 2.08. The molecule has 17 heavy (non-hydrogen) atoms. The molecule has 2 aromatic rings. The SMILES string of the molecule is C=CC(=O)OCCn1c(Cl)nc2ccccc21. The van der Waals surface area contributed by atoms with Crippen molar-refractivity contribution in [2.24, 2.45) is 0 Å². The van der Waals surface area contributed by atoms with Crippen LogP contribution in [0.1, 0.15) is 0 Å². The van der Waals surface area contributed by atoms with E-state index in [0.717, 1.165) is 17.1 Å². The van der Waals surface area contributed by atoms with Gasteiger partial charge >= 0.3 is 5.97 Å². The zero-order chi connectivity index (χ0) is 12.3. The monoisotopic (exact) mass is 250 g/mol. The molecule has 0 unspecified atom stereocenters. The van der Waals surface area contributed by atoms with Crippen LogP contribution in [0, 0.1) is 0 Å². The molecule has 0 radical (unpaired) electrons. The molecular weight excluding hydrogens is 240 g/mol. The van der Waals surface area contributed by atoms with Gasteiger partial charge in [0, 0.05) is 6.08 Å². The molecule has 0 N–H and O–H groups in total. The van der Waals surface area contributed by atoms with E-state index in [2.05, 4.69) is 11.6 Å². The minimum absolute atomic E-state index is 0.241. The minimum atomic E-state index is -0.439. The Bertz CT molecular complexity index is 563. The molecule has 0 bridgehead atoms. The third kappa shape index (κ3) is 2.47. The van der Waals surface area contributed by atoms with E-state index < -0.39 is 5.97 Å². The summed E-state index contributed by atoms with van der Waals surface area (Å²) in [6.45, 7) is 4.04. The zero-order valence-corrected chi connectivity index (χ0v) is 9.85. The van der Waals surface area contributed by atoms with Crippen LogP contribution in [-0.2, 0) is 16.1 Å². The Balaban J connectivity index is 2.15. The minimum Gasteiger partial charge on any atom is -0.461 e. The van der Waals surface area contributed by atoms with Gasteiger partial charge in [-0.15, -0.1) is 0 Å². The molecule has 0 aliphatic carbocycles. The molecule has 0 amide bonds. The van der Waals surface area contributed by atoms with Gasteiger partial charge in [-0.2, -0.15) is 0 Å². The maximum atomic E-state index is 10.9. The second-order valence-corrected chi connectivity index (χ2v) is 3.73. The zero-order valence-electron chi connectivity index (χ0n) is 9.10. The van der Waals surface area contributed by atoms with E-state index in [1.165, 1.54) is 0 Å². The number of fused-ring (bicyclic) bond motifs is 1. The molecule has 0 fully saturated rings. The summed E-state index contributed by atoms with van der Waals surface area (Å²) in [7, 11) is 0. The van der Waals surface area contributed by atoms with Crippen molar-refractivity contribution in [2.75, 3.05) is 6.61 Å². The molecule has 1 heterocycles. The Kier molecular flexibility index (Phi) is 3.44. The summed E-state index contributed by atoms with van der Waals surface area (Å²) in [5.74, 6) is -0.439. The predicted octanol–water partition coefficient (Wildman–Crippen LogP) is 2.42. The van der Waals surface area contributed by atoms with Crippen LogP contribution >= 0.6 is 11.6 Å². The lowest BCUT2D eigenvalue weighted by molar-refractivity contribution is -0.137. The van der Waals surface area contributed by atoms with Gasteiger partial charge in [-0.3, -0.25) is 0 Å². The van der Waals surface area contributed by atoms with Crippen molar-refractivity contribution in [1.82, 2.24) is 9.55 Å². The van der Waals surface area contributed by atoms with Gasteiger partial charge in [0.2, 0.25) is 5.28 Å². The topological polar surface area (TPSA) is 44.1 Å². The molecule has 4 nitrogen and oxygen atoms in total. The van der Waals surface area contributed by atoms with Crippen LogP contribution in [-0.4, -0.2) is 22.1 Å². The fourth-order valence-corrected chi connectivity index (χ4v) is 1.82. The number of carbonyl (C=O) groups excluding carboxylic acids is 1. The molecule has 1 aromatic heterocycles. The number of benzene rings is 1. The summed E-state index contributed by atoms with van der Waals surface area (Å²) in [5.41, 5.74) is 1.75. The Hall–Kier alpha value is -1.81. The number of carbonyl (C=O) groups is 1. The van der Waals surface area contributed by atoms with Gasteiger partial charge in [0.15, 0.2) is 0 Å². The lowest BCUT2D eigenvalue weighted by Gasteiger charge is -2.05. The van der Waals surface area contributed by atoms with Crippen molar-refractivity contribution >= 4 is 28.6 Å². The van der Waals surface area contributed by atoms with Crippen LogP contribution in [0.25, 0.3) is 11.0 Å². The number of para-hydroxylation sites is 2. The van der Waals surface area contributed by atoms with Crippen molar-refractivity contribution in [2.45, 2.75) is 6.54 Å².